The molecule has 1 amide bonds. The highest BCUT2D eigenvalue weighted by Gasteiger charge is 2.29. The van der Waals surface area contributed by atoms with Gasteiger partial charge in [0.15, 0.2) is 11.6 Å². The first-order chi connectivity index (χ1) is 9.74. The molecule has 1 N–H and O–H groups in total. The zero-order valence-electron chi connectivity index (χ0n) is 11.5. The number of carbonyl (C=O) groups is 1. The molecule has 2 heterocycles. The maximum atomic E-state index is 13.7. The molecule has 0 aromatic carbocycles. The molecule has 1 aromatic heterocycles. The summed E-state index contributed by atoms with van der Waals surface area (Å²) in [4.78, 5) is 18.1. The summed E-state index contributed by atoms with van der Waals surface area (Å²) in [5, 5.41) is 3.10. The predicted octanol–water partition coefficient (Wildman–Crippen LogP) is 2.11. The highest BCUT2D eigenvalue weighted by Crippen LogP contribution is 2.25. The average Bonchev–Trinajstić information content (AvgIpc) is 2.43. The van der Waals surface area contributed by atoms with E-state index in [1.165, 1.54) is 12.5 Å². The van der Waals surface area contributed by atoms with Crippen LogP contribution in [0.1, 0.15) is 32.1 Å². The molecule has 1 saturated heterocycles. The summed E-state index contributed by atoms with van der Waals surface area (Å²) >= 11 is 0. The van der Waals surface area contributed by atoms with Gasteiger partial charge < -0.3 is 10.2 Å². The number of nitrogens with one attached hydrogen (secondary N) is 1. The molecule has 0 unspecified atom stereocenters. The molecule has 108 valence electrons. The first kappa shape index (κ1) is 13.3. The number of halogens is 1. The fourth-order valence-corrected chi connectivity index (χ4v) is 2.84. The molecule has 1 aliphatic heterocycles. The largest absolute Gasteiger partial charge is 0.354 e. The summed E-state index contributed by atoms with van der Waals surface area (Å²) in [6.07, 6.45) is 6.60. The number of nitrogens with zero attached hydrogens (tertiary/aromatic N) is 2. The summed E-state index contributed by atoms with van der Waals surface area (Å²) in [6.45, 7) is 1.38. The van der Waals surface area contributed by atoms with Crippen LogP contribution in [0.25, 0.3) is 0 Å². The molecule has 2 aliphatic rings. The van der Waals surface area contributed by atoms with Gasteiger partial charge >= 0.3 is 0 Å². The Hall–Kier alpha value is -1.65. The Morgan fingerprint density at radius 1 is 1.30 bits per heavy atom. The number of piperidine rings is 1. The summed E-state index contributed by atoms with van der Waals surface area (Å²) in [5.74, 6) is 0.365. The van der Waals surface area contributed by atoms with E-state index in [2.05, 4.69) is 10.3 Å². The lowest BCUT2D eigenvalue weighted by Gasteiger charge is -2.34. The van der Waals surface area contributed by atoms with Crippen molar-refractivity contribution in [1.82, 2.24) is 10.3 Å². The van der Waals surface area contributed by atoms with Crippen LogP contribution >= 0.6 is 0 Å². The Labute approximate surface area is 118 Å². The molecule has 0 spiro atoms. The second-order valence-electron chi connectivity index (χ2n) is 5.71. The molecule has 0 radical (unpaired) electrons. The molecule has 1 aromatic rings. The monoisotopic (exact) mass is 277 g/mol. The van der Waals surface area contributed by atoms with E-state index in [9.17, 15) is 9.18 Å². The van der Waals surface area contributed by atoms with Gasteiger partial charge in [-0.15, -0.1) is 0 Å². The molecule has 5 heteroatoms. The van der Waals surface area contributed by atoms with Gasteiger partial charge in [0, 0.05) is 31.2 Å². The van der Waals surface area contributed by atoms with Crippen LogP contribution < -0.4 is 10.2 Å². The number of carbonyl (C=O) groups excluding carboxylic acids is 1. The van der Waals surface area contributed by atoms with Crippen LogP contribution in [-0.2, 0) is 4.79 Å². The fourth-order valence-electron chi connectivity index (χ4n) is 2.84. The highest BCUT2D eigenvalue weighted by molar-refractivity contribution is 5.79. The number of amides is 1. The van der Waals surface area contributed by atoms with Gasteiger partial charge in [-0.25, -0.2) is 9.37 Å². The molecule has 0 atom stereocenters. The average molecular weight is 277 g/mol. The van der Waals surface area contributed by atoms with Crippen LogP contribution in [0.3, 0.4) is 0 Å². The van der Waals surface area contributed by atoms with Crippen LogP contribution in [0.15, 0.2) is 18.3 Å². The van der Waals surface area contributed by atoms with Crippen molar-refractivity contribution >= 4 is 11.7 Å². The molecule has 4 nitrogen and oxygen atoms in total. The van der Waals surface area contributed by atoms with E-state index in [4.69, 9.17) is 0 Å². The van der Waals surface area contributed by atoms with E-state index in [0.29, 0.717) is 24.9 Å². The highest BCUT2D eigenvalue weighted by atomic mass is 19.1. The lowest BCUT2D eigenvalue weighted by atomic mass is 9.90. The molecule has 2 fully saturated rings. The van der Waals surface area contributed by atoms with E-state index in [-0.39, 0.29) is 17.6 Å². The van der Waals surface area contributed by atoms with Crippen LogP contribution in [0.4, 0.5) is 10.2 Å². The zero-order valence-corrected chi connectivity index (χ0v) is 11.5. The molecule has 3 rings (SSSR count). The molecular formula is C15H20FN3O. The second-order valence-corrected chi connectivity index (χ2v) is 5.71. The van der Waals surface area contributed by atoms with Crippen molar-refractivity contribution in [2.24, 2.45) is 5.92 Å². The summed E-state index contributed by atoms with van der Waals surface area (Å²) in [6, 6.07) is 3.42. The smallest absolute Gasteiger partial charge is 0.223 e. The summed E-state index contributed by atoms with van der Waals surface area (Å²) < 4.78 is 13.7. The minimum Gasteiger partial charge on any atom is -0.354 e. The van der Waals surface area contributed by atoms with Crippen molar-refractivity contribution < 1.29 is 9.18 Å². The first-order valence-electron chi connectivity index (χ1n) is 7.40. The third-order valence-electron chi connectivity index (χ3n) is 4.36. The third-order valence-corrected chi connectivity index (χ3v) is 4.36. The van der Waals surface area contributed by atoms with Gasteiger partial charge in [-0.2, -0.15) is 0 Å². The number of anilines is 1. The Morgan fingerprint density at radius 2 is 2.05 bits per heavy atom. The molecular weight excluding hydrogens is 257 g/mol. The van der Waals surface area contributed by atoms with Gasteiger partial charge in [0.25, 0.3) is 0 Å². The van der Waals surface area contributed by atoms with Crippen LogP contribution in [0, 0.1) is 11.7 Å². The number of aromatic nitrogens is 1. The lowest BCUT2D eigenvalue weighted by Crippen LogP contribution is -2.46. The van der Waals surface area contributed by atoms with Gasteiger partial charge in [-0.3, -0.25) is 4.79 Å². The normalized spacial score (nSPS) is 20.6. The van der Waals surface area contributed by atoms with Gasteiger partial charge in [0.05, 0.1) is 0 Å². The van der Waals surface area contributed by atoms with Gasteiger partial charge in [-0.05, 0) is 44.2 Å². The standard InChI is InChI=1S/C15H20FN3O/c16-13-5-2-8-17-14(13)19-9-6-11(7-10-19)15(20)18-12-3-1-4-12/h2,5,8,11-12H,1,3-4,6-7,9-10H2,(H,18,20). The maximum Gasteiger partial charge on any atom is 0.223 e. The van der Waals surface area contributed by atoms with E-state index in [1.807, 2.05) is 4.90 Å². The summed E-state index contributed by atoms with van der Waals surface area (Å²) in [5.41, 5.74) is 0. The molecule has 1 saturated carbocycles. The van der Waals surface area contributed by atoms with Gasteiger partial charge in [0.1, 0.15) is 0 Å². The minimum absolute atomic E-state index is 0.0682. The van der Waals surface area contributed by atoms with Crippen molar-refractivity contribution in [3.05, 3.63) is 24.1 Å². The predicted molar refractivity (Wildman–Crippen MR) is 74.9 cm³/mol. The minimum atomic E-state index is -0.287. The number of pyridine rings is 1. The molecule has 1 aliphatic carbocycles. The van der Waals surface area contributed by atoms with Gasteiger partial charge in [-0.1, -0.05) is 0 Å². The number of rotatable bonds is 3. The quantitative estimate of drug-likeness (QED) is 0.920. The van der Waals surface area contributed by atoms with E-state index in [0.717, 1.165) is 25.7 Å². The Morgan fingerprint density at radius 3 is 2.65 bits per heavy atom. The van der Waals surface area contributed by atoms with Crippen molar-refractivity contribution in [3.8, 4) is 0 Å². The van der Waals surface area contributed by atoms with Crippen molar-refractivity contribution in [1.29, 1.82) is 0 Å². The first-order valence-corrected chi connectivity index (χ1v) is 7.40. The third kappa shape index (κ3) is 2.76. The van der Waals surface area contributed by atoms with Crippen LogP contribution in [-0.4, -0.2) is 30.0 Å². The van der Waals surface area contributed by atoms with Crippen LogP contribution in [0.2, 0.25) is 0 Å². The summed E-state index contributed by atoms with van der Waals surface area (Å²) in [7, 11) is 0. The van der Waals surface area contributed by atoms with E-state index >= 15 is 0 Å². The SMILES string of the molecule is O=C(NC1CCC1)C1CCN(c2ncccc2F)CC1. The van der Waals surface area contributed by atoms with Crippen LogP contribution in [0.5, 0.6) is 0 Å². The Kier molecular flexibility index (Phi) is 3.85. The molecule has 0 bridgehead atoms. The Balaban J connectivity index is 1.54. The Bertz CT molecular complexity index is 482. The zero-order chi connectivity index (χ0) is 13.9. The second kappa shape index (κ2) is 5.77. The van der Waals surface area contributed by atoms with Crippen molar-refractivity contribution in [2.75, 3.05) is 18.0 Å². The molecule has 20 heavy (non-hydrogen) atoms. The topological polar surface area (TPSA) is 45.2 Å². The lowest BCUT2D eigenvalue weighted by molar-refractivity contribution is -0.126. The van der Waals surface area contributed by atoms with Gasteiger partial charge in [0.2, 0.25) is 5.91 Å². The number of hydrogen-bond acceptors (Lipinski definition) is 3. The van der Waals surface area contributed by atoms with E-state index < -0.39 is 0 Å². The number of hydrogen-bond donors (Lipinski definition) is 1. The van der Waals surface area contributed by atoms with Crippen molar-refractivity contribution in [2.45, 2.75) is 38.1 Å². The van der Waals surface area contributed by atoms with Crippen molar-refractivity contribution in [3.63, 3.8) is 0 Å². The van der Waals surface area contributed by atoms with E-state index in [1.54, 1.807) is 12.3 Å². The fraction of sp³-hybridized carbons (Fsp3) is 0.600. The maximum absolute atomic E-state index is 13.7.